The van der Waals surface area contributed by atoms with Crippen LogP contribution in [-0.4, -0.2) is 55.2 Å². The summed E-state index contributed by atoms with van der Waals surface area (Å²) < 4.78 is 18.9. The quantitative estimate of drug-likeness (QED) is 0.899. The van der Waals surface area contributed by atoms with Crippen LogP contribution >= 0.6 is 0 Å². The molecule has 0 aromatic heterocycles. The maximum absolute atomic E-state index is 13.9. The van der Waals surface area contributed by atoms with Gasteiger partial charge in [-0.3, -0.25) is 0 Å². The van der Waals surface area contributed by atoms with Crippen LogP contribution in [0.5, 0.6) is 5.75 Å². The number of nitrogens with zero attached hydrogens (tertiary/aromatic N) is 2. The van der Waals surface area contributed by atoms with E-state index in [4.69, 9.17) is 4.74 Å². The van der Waals surface area contributed by atoms with Crippen molar-refractivity contribution >= 4 is 6.03 Å². The second kappa shape index (κ2) is 5.28. The van der Waals surface area contributed by atoms with E-state index in [1.54, 1.807) is 17.0 Å². The fourth-order valence-electron chi connectivity index (χ4n) is 2.81. The monoisotopic (exact) mass is 279 g/mol. The summed E-state index contributed by atoms with van der Waals surface area (Å²) in [6.45, 7) is 3.32. The van der Waals surface area contributed by atoms with Crippen molar-refractivity contribution in [2.24, 2.45) is 0 Å². The normalized spacial score (nSPS) is 22.1. The first-order chi connectivity index (χ1) is 9.69. The zero-order chi connectivity index (χ0) is 14.1. The molecule has 6 heteroatoms. The zero-order valence-corrected chi connectivity index (χ0v) is 11.4. The molecule has 1 aromatic carbocycles. The Morgan fingerprint density at radius 2 is 2.35 bits per heavy atom. The lowest BCUT2D eigenvalue weighted by molar-refractivity contribution is 0.178. The second-order valence-electron chi connectivity index (χ2n) is 5.17. The van der Waals surface area contributed by atoms with Crippen molar-refractivity contribution in [2.45, 2.75) is 12.6 Å². The van der Waals surface area contributed by atoms with E-state index in [-0.39, 0.29) is 17.9 Å². The third kappa shape index (κ3) is 2.31. The molecule has 2 aliphatic rings. The van der Waals surface area contributed by atoms with Crippen LogP contribution in [-0.2, 0) is 6.54 Å². The molecule has 1 atom stereocenters. The number of carbonyl (C=O) groups excluding carboxylic acids is 1. The van der Waals surface area contributed by atoms with Crippen LogP contribution in [0.1, 0.15) is 5.56 Å². The minimum atomic E-state index is -0.333. The van der Waals surface area contributed by atoms with Gasteiger partial charge in [-0.05, 0) is 6.07 Å². The molecule has 2 aliphatic heterocycles. The Bertz CT molecular complexity index is 523. The number of urea groups is 1. The predicted molar refractivity (Wildman–Crippen MR) is 72.1 cm³/mol. The molecule has 0 radical (unpaired) electrons. The van der Waals surface area contributed by atoms with Gasteiger partial charge in [0.25, 0.3) is 0 Å². The summed E-state index contributed by atoms with van der Waals surface area (Å²) in [6, 6.07) is 4.96. The number of carbonyl (C=O) groups is 1. The summed E-state index contributed by atoms with van der Waals surface area (Å²) in [4.78, 5) is 15.8. The Morgan fingerprint density at radius 3 is 3.05 bits per heavy atom. The van der Waals surface area contributed by atoms with Gasteiger partial charge in [0.2, 0.25) is 0 Å². The average Bonchev–Trinajstić information content (AvgIpc) is 2.78. The fraction of sp³-hybridized carbons (Fsp3) is 0.500. The van der Waals surface area contributed by atoms with E-state index < -0.39 is 0 Å². The van der Waals surface area contributed by atoms with E-state index in [2.05, 4.69) is 5.32 Å². The molecular weight excluding hydrogens is 261 g/mol. The van der Waals surface area contributed by atoms with E-state index in [0.29, 0.717) is 24.4 Å². The highest BCUT2D eigenvalue weighted by Gasteiger charge is 2.38. The summed E-state index contributed by atoms with van der Waals surface area (Å²) >= 11 is 0. The number of hydrogen-bond acceptors (Lipinski definition) is 3. The van der Waals surface area contributed by atoms with Crippen LogP contribution in [0.4, 0.5) is 9.18 Å². The van der Waals surface area contributed by atoms with Crippen LogP contribution < -0.4 is 10.1 Å². The number of nitrogens with one attached hydrogen (secondary N) is 1. The smallest absolute Gasteiger partial charge is 0.320 e. The van der Waals surface area contributed by atoms with Crippen LogP contribution in [0.25, 0.3) is 0 Å². The number of hydrogen-bond donors (Lipinski definition) is 1. The van der Waals surface area contributed by atoms with E-state index in [1.807, 2.05) is 4.90 Å². The Kier molecular flexibility index (Phi) is 3.48. The van der Waals surface area contributed by atoms with Crippen molar-refractivity contribution in [3.05, 3.63) is 29.6 Å². The number of piperazine rings is 1. The van der Waals surface area contributed by atoms with Crippen molar-refractivity contribution in [1.29, 1.82) is 0 Å². The van der Waals surface area contributed by atoms with Crippen molar-refractivity contribution in [2.75, 3.05) is 33.3 Å². The van der Waals surface area contributed by atoms with E-state index >= 15 is 0 Å². The lowest BCUT2D eigenvalue weighted by Gasteiger charge is -2.28. The van der Waals surface area contributed by atoms with E-state index in [0.717, 1.165) is 19.6 Å². The van der Waals surface area contributed by atoms with Crippen LogP contribution in [0.3, 0.4) is 0 Å². The van der Waals surface area contributed by atoms with Gasteiger partial charge in [0, 0.05) is 37.8 Å². The molecular formula is C14H18FN3O2. The van der Waals surface area contributed by atoms with Crippen molar-refractivity contribution in [1.82, 2.24) is 15.1 Å². The van der Waals surface area contributed by atoms with E-state index in [1.165, 1.54) is 13.2 Å². The molecule has 2 heterocycles. The molecule has 20 heavy (non-hydrogen) atoms. The number of rotatable bonds is 3. The molecule has 1 N–H and O–H groups in total. The first-order valence-electron chi connectivity index (χ1n) is 6.77. The van der Waals surface area contributed by atoms with Crippen LogP contribution in [0.15, 0.2) is 18.2 Å². The standard InChI is InChI=1S/C14H18FN3O2/c1-20-12-3-2-10(13(15)6-12)8-17-9-11-7-16-4-5-18(11)14(17)19/h2-3,6,11,16H,4-5,7-9H2,1H3. The van der Waals surface area contributed by atoms with Crippen molar-refractivity contribution in [3.8, 4) is 5.75 Å². The largest absolute Gasteiger partial charge is 0.497 e. The van der Waals surface area contributed by atoms with Crippen LogP contribution in [0, 0.1) is 5.82 Å². The highest BCUT2D eigenvalue weighted by molar-refractivity contribution is 5.77. The number of ether oxygens (including phenoxy) is 1. The fourth-order valence-corrected chi connectivity index (χ4v) is 2.81. The third-order valence-electron chi connectivity index (χ3n) is 3.92. The molecule has 1 unspecified atom stereocenters. The summed E-state index contributed by atoms with van der Waals surface area (Å²) in [6.07, 6.45) is 0. The summed E-state index contributed by atoms with van der Waals surface area (Å²) in [5, 5.41) is 3.28. The molecule has 2 fully saturated rings. The van der Waals surface area contributed by atoms with Gasteiger partial charge in [0.05, 0.1) is 19.7 Å². The van der Waals surface area contributed by atoms with Gasteiger partial charge in [0.15, 0.2) is 0 Å². The topological polar surface area (TPSA) is 44.8 Å². The SMILES string of the molecule is COc1ccc(CN2CC3CNCCN3C2=O)c(F)c1. The number of fused-ring (bicyclic) bond motifs is 1. The van der Waals surface area contributed by atoms with Gasteiger partial charge in [-0.15, -0.1) is 0 Å². The lowest BCUT2D eigenvalue weighted by atomic mass is 10.2. The first-order valence-corrected chi connectivity index (χ1v) is 6.77. The minimum absolute atomic E-state index is 0.00622. The molecule has 0 saturated carbocycles. The summed E-state index contributed by atoms with van der Waals surface area (Å²) in [7, 11) is 1.50. The van der Waals surface area contributed by atoms with Gasteiger partial charge in [-0.25, -0.2) is 9.18 Å². The average molecular weight is 279 g/mol. The third-order valence-corrected chi connectivity index (χ3v) is 3.92. The predicted octanol–water partition coefficient (Wildman–Crippen LogP) is 1.04. The number of methoxy groups -OCH3 is 1. The molecule has 2 amide bonds. The molecule has 108 valence electrons. The Morgan fingerprint density at radius 1 is 1.50 bits per heavy atom. The molecule has 5 nitrogen and oxygen atoms in total. The van der Waals surface area contributed by atoms with Gasteiger partial charge in [-0.1, -0.05) is 6.07 Å². The van der Waals surface area contributed by atoms with Crippen molar-refractivity contribution < 1.29 is 13.9 Å². The number of amides is 2. The highest BCUT2D eigenvalue weighted by atomic mass is 19.1. The maximum atomic E-state index is 13.9. The molecule has 3 rings (SSSR count). The number of benzene rings is 1. The molecule has 1 aromatic rings. The second-order valence-corrected chi connectivity index (χ2v) is 5.17. The number of halogens is 1. The summed E-state index contributed by atoms with van der Waals surface area (Å²) in [5.41, 5.74) is 0.520. The Labute approximate surface area is 117 Å². The Hall–Kier alpha value is -1.82. The summed E-state index contributed by atoms with van der Waals surface area (Å²) in [5.74, 6) is 0.153. The molecule has 0 bridgehead atoms. The zero-order valence-electron chi connectivity index (χ0n) is 11.4. The van der Waals surface area contributed by atoms with Gasteiger partial charge in [0.1, 0.15) is 11.6 Å². The lowest BCUT2D eigenvalue weighted by Crippen LogP contribution is -2.49. The van der Waals surface area contributed by atoms with Gasteiger partial charge >= 0.3 is 6.03 Å². The van der Waals surface area contributed by atoms with Crippen LogP contribution in [0.2, 0.25) is 0 Å². The Balaban J connectivity index is 1.73. The highest BCUT2D eigenvalue weighted by Crippen LogP contribution is 2.22. The maximum Gasteiger partial charge on any atom is 0.320 e. The van der Waals surface area contributed by atoms with Gasteiger partial charge in [-0.2, -0.15) is 0 Å². The van der Waals surface area contributed by atoms with E-state index in [9.17, 15) is 9.18 Å². The van der Waals surface area contributed by atoms with Crippen molar-refractivity contribution in [3.63, 3.8) is 0 Å². The molecule has 2 saturated heterocycles. The molecule has 0 aliphatic carbocycles. The molecule has 0 spiro atoms. The first kappa shape index (κ1) is 13.2. The van der Waals surface area contributed by atoms with Gasteiger partial charge < -0.3 is 19.9 Å². The minimum Gasteiger partial charge on any atom is -0.497 e.